The van der Waals surface area contributed by atoms with E-state index in [1.54, 1.807) is 0 Å². The van der Waals surface area contributed by atoms with Gasteiger partial charge in [0, 0.05) is 40.3 Å². The molecule has 0 unspecified atom stereocenters. The summed E-state index contributed by atoms with van der Waals surface area (Å²) in [6.07, 6.45) is 0. The molecule has 9 aromatic rings. The molecule has 0 aliphatic heterocycles. The number of thiophene rings is 4. The van der Waals surface area contributed by atoms with Crippen LogP contribution in [0.15, 0.2) is 72.8 Å². The van der Waals surface area contributed by atoms with Gasteiger partial charge in [0.2, 0.25) is 0 Å². The quantitative estimate of drug-likeness (QED) is 0.183. The summed E-state index contributed by atoms with van der Waals surface area (Å²) in [5, 5.41) is 11.0. The monoisotopic (exact) mass is 530 g/mol. The van der Waals surface area contributed by atoms with E-state index < -0.39 is 0 Å². The van der Waals surface area contributed by atoms with E-state index in [1.165, 1.54) is 91.8 Å². The Morgan fingerprint density at radius 2 is 0.722 bits per heavy atom. The van der Waals surface area contributed by atoms with Crippen LogP contribution in [0.1, 0.15) is 11.1 Å². The Balaban J connectivity index is 1.34. The molecule has 5 aromatic carbocycles. The van der Waals surface area contributed by atoms with Crippen molar-refractivity contribution in [1.29, 1.82) is 0 Å². The van der Waals surface area contributed by atoms with Crippen LogP contribution in [0.2, 0.25) is 0 Å². The predicted octanol–water partition coefficient (Wildman–Crippen LogP) is 11.8. The van der Waals surface area contributed by atoms with Crippen molar-refractivity contribution >= 4 is 126 Å². The molecule has 4 heterocycles. The zero-order chi connectivity index (χ0) is 23.7. The van der Waals surface area contributed by atoms with E-state index in [1.807, 2.05) is 45.3 Å². The minimum Gasteiger partial charge on any atom is -0.134 e. The number of hydrogen-bond acceptors (Lipinski definition) is 4. The normalized spacial score (nSPS) is 12.7. The molecule has 0 aliphatic rings. The highest BCUT2D eigenvalue weighted by atomic mass is 32.1. The van der Waals surface area contributed by atoms with E-state index in [4.69, 9.17) is 0 Å². The van der Waals surface area contributed by atoms with Crippen LogP contribution < -0.4 is 0 Å². The molecule has 0 N–H and O–H groups in total. The smallest absolute Gasteiger partial charge is 0.0542 e. The van der Waals surface area contributed by atoms with Crippen molar-refractivity contribution in [2.75, 3.05) is 0 Å². The fourth-order valence-electron chi connectivity index (χ4n) is 5.73. The molecule has 4 aromatic heterocycles. The molecule has 0 radical (unpaired) electrons. The third kappa shape index (κ3) is 2.63. The molecule has 0 amide bonds. The Hall–Kier alpha value is -3.02. The molecule has 4 heteroatoms. The zero-order valence-corrected chi connectivity index (χ0v) is 22.8. The first kappa shape index (κ1) is 20.1. The molecule has 0 fully saturated rings. The second-order valence-corrected chi connectivity index (χ2v) is 14.2. The van der Waals surface area contributed by atoms with Crippen LogP contribution in [-0.4, -0.2) is 0 Å². The Morgan fingerprint density at radius 3 is 1.14 bits per heavy atom. The van der Waals surface area contributed by atoms with Gasteiger partial charge in [0.05, 0.1) is 18.8 Å². The minimum atomic E-state index is 1.32. The third-order valence-electron chi connectivity index (χ3n) is 7.51. The molecule has 0 spiro atoms. The second kappa shape index (κ2) is 6.84. The highest BCUT2D eigenvalue weighted by molar-refractivity contribution is 7.38. The van der Waals surface area contributed by atoms with Crippen LogP contribution >= 0.6 is 45.3 Å². The summed E-state index contributed by atoms with van der Waals surface area (Å²) in [5.41, 5.74) is 2.64. The lowest BCUT2D eigenvalue weighted by Gasteiger charge is -2.00. The Labute approximate surface area is 222 Å². The highest BCUT2D eigenvalue weighted by Crippen LogP contribution is 2.50. The molecule has 0 saturated heterocycles. The highest BCUT2D eigenvalue weighted by Gasteiger charge is 2.18. The minimum absolute atomic E-state index is 1.32. The molecular weight excluding hydrogens is 513 g/mol. The van der Waals surface area contributed by atoms with Crippen LogP contribution in [0.3, 0.4) is 0 Å². The fourth-order valence-corrected chi connectivity index (χ4v) is 11.1. The van der Waals surface area contributed by atoms with Gasteiger partial charge in [-0.15, -0.1) is 45.3 Å². The summed E-state index contributed by atoms with van der Waals surface area (Å²) in [6, 6.07) is 28.1. The van der Waals surface area contributed by atoms with Gasteiger partial charge in [0.15, 0.2) is 0 Å². The molecule has 9 rings (SSSR count). The third-order valence-corrected chi connectivity index (χ3v) is 12.5. The van der Waals surface area contributed by atoms with Crippen molar-refractivity contribution in [3.05, 3.63) is 83.9 Å². The topological polar surface area (TPSA) is 0 Å². The van der Waals surface area contributed by atoms with Gasteiger partial charge in [-0.3, -0.25) is 0 Å². The molecule has 0 saturated carbocycles. The first-order valence-electron chi connectivity index (χ1n) is 12.1. The largest absolute Gasteiger partial charge is 0.134 e. The predicted molar refractivity (Wildman–Crippen MR) is 167 cm³/mol. The average Bonchev–Trinajstić information content (AvgIpc) is 3.58. The summed E-state index contributed by atoms with van der Waals surface area (Å²) < 4.78 is 11.4. The van der Waals surface area contributed by atoms with Gasteiger partial charge in [-0.2, -0.15) is 0 Å². The number of benzene rings is 5. The molecule has 0 aliphatic carbocycles. The molecule has 0 bridgehead atoms. The van der Waals surface area contributed by atoms with Crippen LogP contribution in [0.5, 0.6) is 0 Å². The average molecular weight is 531 g/mol. The van der Waals surface area contributed by atoms with Gasteiger partial charge in [0.25, 0.3) is 0 Å². The second-order valence-electron chi connectivity index (χ2n) is 9.97. The van der Waals surface area contributed by atoms with Crippen molar-refractivity contribution < 1.29 is 0 Å². The van der Waals surface area contributed by atoms with E-state index >= 15 is 0 Å². The zero-order valence-electron chi connectivity index (χ0n) is 19.6. The summed E-state index contributed by atoms with van der Waals surface area (Å²) in [4.78, 5) is 0. The maximum absolute atomic E-state index is 2.47. The molecular formula is C32H18S4. The Morgan fingerprint density at radius 1 is 0.361 bits per heavy atom. The van der Waals surface area contributed by atoms with Crippen molar-refractivity contribution in [3.63, 3.8) is 0 Å². The first-order valence-corrected chi connectivity index (χ1v) is 15.3. The SMILES string of the molecule is Cc1ccc2cc3c(cc2c1)sc1c2cc4sc5c6cc7ccc(C)cc7cc6sc5c4cc2sc31. The van der Waals surface area contributed by atoms with Gasteiger partial charge in [0.1, 0.15) is 0 Å². The van der Waals surface area contributed by atoms with Crippen molar-refractivity contribution in [2.24, 2.45) is 0 Å². The van der Waals surface area contributed by atoms with Crippen molar-refractivity contribution in [3.8, 4) is 0 Å². The summed E-state index contributed by atoms with van der Waals surface area (Å²) in [7, 11) is 0. The van der Waals surface area contributed by atoms with Crippen molar-refractivity contribution in [2.45, 2.75) is 13.8 Å². The van der Waals surface area contributed by atoms with E-state index in [0.717, 1.165) is 0 Å². The van der Waals surface area contributed by atoms with Gasteiger partial charge in [-0.25, -0.2) is 0 Å². The van der Waals surface area contributed by atoms with E-state index in [2.05, 4.69) is 86.6 Å². The van der Waals surface area contributed by atoms with Crippen LogP contribution in [0.4, 0.5) is 0 Å². The maximum Gasteiger partial charge on any atom is 0.0542 e. The molecule has 0 nitrogen and oxygen atoms in total. The van der Waals surface area contributed by atoms with Crippen LogP contribution in [0, 0.1) is 13.8 Å². The van der Waals surface area contributed by atoms with Gasteiger partial charge >= 0.3 is 0 Å². The van der Waals surface area contributed by atoms with Crippen molar-refractivity contribution in [1.82, 2.24) is 0 Å². The van der Waals surface area contributed by atoms with Crippen LogP contribution in [0.25, 0.3) is 80.7 Å². The number of rotatable bonds is 0. The van der Waals surface area contributed by atoms with E-state index in [0.29, 0.717) is 0 Å². The number of aryl methyl sites for hydroxylation is 2. The lowest BCUT2D eigenvalue weighted by atomic mass is 10.1. The fraction of sp³-hybridized carbons (Fsp3) is 0.0625. The summed E-state index contributed by atoms with van der Waals surface area (Å²) in [5.74, 6) is 0. The standard InChI is InChI=1S/C32H18S4/c1-15-3-5-17-9-21-25(11-19(17)7-15)33-31-23-13-28-24(14-27(23)35-29(21)31)32-30(36-28)22-10-18-6-4-16(2)8-20(18)12-26(22)34-32/h3-14H,1-2H3. The molecule has 170 valence electrons. The van der Waals surface area contributed by atoms with Crippen LogP contribution in [-0.2, 0) is 0 Å². The van der Waals surface area contributed by atoms with Gasteiger partial charge in [-0.1, -0.05) is 47.5 Å². The first-order chi connectivity index (χ1) is 17.6. The Bertz CT molecular complexity index is 2220. The number of fused-ring (bicyclic) bond motifs is 12. The van der Waals surface area contributed by atoms with E-state index in [9.17, 15) is 0 Å². The maximum atomic E-state index is 2.47. The lowest BCUT2D eigenvalue weighted by Crippen LogP contribution is -1.75. The molecule has 36 heavy (non-hydrogen) atoms. The summed E-state index contributed by atoms with van der Waals surface area (Å²) >= 11 is 7.85. The number of hydrogen-bond donors (Lipinski definition) is 0. The van der Waals surface area contributed by atoms with Gasteiger partial charge in [-0.05, 0) is 71.8 Å². The Kier molecular flexibility index (Phi) is 3.82. The lowest BCUT2D eigenvalue weighted by molar-refractivity contribution is 1.51. The van der Waals surface area contributed by atoms with Gasteiger partial charge < -0.3 is 0 Å². The molecule has 0 atom stereocenters. The van der Waals surface area contributed by atoms with E-state index in [-0.39, 0.29) is 0 Å². The summed E-state index contributed by atoms with van der Waals surface area (Å²) in [6.45, 7) is 4.35.